The van der Waals surface area contributed by atoms with Crippen LogP contribution in [0, 0.1) is 5.41 Å². The number of aromatic nitrogens is 3. The SMILES string of the molecule is CCCCCCCNC(=O)c1cc2c(=O)n3ccccc3nc2n(Cc2ccccc2)c1=N. The highest BCUT2D eigenvalue weighted by atomic mass is 16.1. The quantitative estimate of drug-likeness (QED) is 0.304. The van der Waals surface area contributed by atoms with Gasteiger partial charge in [-0.25, -0.2) is 4.98 Å². The molecule has 3 heterocycles. The van der Waals surface area contributed by atoms with Crippen LogP contribution in [-0.4, -0.2) is 26.4 Å². The van der Waals surface area contributed by atoms with Crippen molar-refractivity contribution in [2.24, 2.45) is 0 Å². The van der Waals surface area contributed by atoms with Crippen LogP contribution < -0.4 is 16.4 Å². The van der Waals surface area contributed by atoms with Gasteiger partial charge in [0.15, 0.2) is 0 Å². The number of hydrogen-bond donors (Lipinski definition) is 2. The Kier molecular flexibility index (Phi) is 6.98. The second kappa shape index (κ2) is 10.3. The fourth-order valence-electron chi connectivity index (χ4n) is 4.01. The minimum atomic E-state index is -0.336. The molecule has 0 aliphatic carbocycles. The molecule has 0 bridgehead atoms. The molecular weight excluding hydrogens is 414 g/mol. The van der Waals surface area contributed by atoms with E-state index in [1.165, 1.54) is 23.3 Å². The zero-order chi connectivity index (χ0) is 23.2. The Bertz CT molecular complexity index is 1390. The molecule has 0 aliphatic rings. The van der Waals surface area contributed by atoms with E-state index in [0.717, 1.165) is 24.8 Å². The molecule has 170 valence electrons. The van der Waals surface area contributed by atoms with E-state index in [4.69, 9.17) is 5.41 Å². The third-order valence-corrected chi connectivity index (χ3v) is 5.81. The number of unbranched alkanes of at least 4 members (excludes halogenated alkanes) is 4. The molecule has 1 aromatic carbocycles. The summed E-state index contributed by atoms with van der Waals surface area (Å²) in [5, 5.41) is 12.1. The van der Waals surface area contributed by atoms with Gasteiger partial charge in [0.25, 0.3) is 11.5 Å². The van der Waals surface area contributed by atoms with Crippen LogP contribution in [0.4, 0.5) is 0 Å². The van der Waals surface area contributed by atoms with Gasteiger partial charge in [-0.05, 0) is 30.2 Å². The van der Waals surface area contributed by atoms with E-state index in [0.29, 0.717) is 29.8 Å². The van der Waals surface area contributed by atoms with E-state index < -0.39 is 0 Å². The van der Waals surface area contributed by atoms with Gasteiger partial charge in [-0.2, -0.15) is 0 Å². The Balaban J connectivity index is 1.77. The van der Waals surface area contributed by atoms with Gasteiger partial charge in [-0.15, -0.1) is 0 Å². The minimum Gasteiger partial charge on any atom is -0.352 e. The highest BCUT2D eigenvalue weighted by molar-refractivity contribution is 5.96. The number of carbonyl (C=O) groups excluding carboxylic acids is 1. The van der Waals surface area contributed by atoms with Crippen LogP contribution in [0.1, 0.15) is 54.9 Å². The fraction of sp³-hybridized carbons (Fsp3) is 0.308. The highest BCUT2D eigenvalue weighted by Crippen LogP contribution is 2.12. The van der Waals surface area contributed by atoms with E-state index in [1.807, 2.05) is 36.4 Å². The molecule has 0 atom stereocenters. The maximum absolute atomic E-state index is 13.3. The van der Waals surface area contributed by atoms with E-state index in [2.05, 4.69) is 17.2 Å². The minimum absolute atomic E-state index is 0.0435. The van der Waals surface area contributed by atoms with E-state index >= 15 is 0 Å². The average molecular weight is 444 g/mol. The Morgan fingerprint density at radius 1 is 1.03 bits per heavy atom. The number of rotatable bonds is 9. The molecule has 0 aliphatic heterocycles. The molecule has 0 spiro atoms. The molecular formula is C26H29N5O2. The summed E-state index contributed by atoms with van der Waals surface area (Å²) in [5.41, 5.74) is 1.83. The van der Waals surface area contributed by atoms with Crippen LogP contribution in [0.2, 0.25) is 0 Å². The van der Waals surface area contributed by atoms with Crippen LogP contribution in [-0.2, 0) is 6.54 Å². The van der Waals surface area contributed by atoms with E-state index in [9.17, 15) is 9.59 Å². The van der Waals surface area contributed by atoms with Crippen molar-refractivity contribution in [2.45, 2.75) is 45.6 Å². The number of amides is 1. The molecule has 2 N–H and O–H groups in total. The average Bonchev–Trinajstić information content (AvgIpc) is 2.84. The lowest BCUT2D eigenvalue weighted by atomic mass is 10.1. The summed E-state index contributed by atoms with van der Waals surface area (Å²) in [5.74, 6) is -0.336. The maximum atomic E-state index is 13.3. The first-order chi connectivity index (χ1) is 16.1. The third kappa shape index (κ3) is 4.87. The first-order valence-electron chi connectivity index (χ1n) is 11.5. The molecule has 0 saturated heterocycles. The van der Waals surface area contributed by atoms with Crippen molar-refractivity contribution in [2.75, 3.05) is 6.54 Å². The number of pyridine rings is 2. The van der Waals surface area contributed by atoms with Gasteiger partial charge in [0.05, 0.1) is 17.5 Å². The lowest BCUT2D eigenvalue weighted by Crippen LogP contribution is -2.35. The second-order valence-electron chi connectivity index (χ2n) is 8.23. The molecule has 33 heavy (non-hydrogen) atoms. The largest absolute Gasteiger partial charge is 0.352 e. The van der Waals surface area contributed by atoms with Gasteiger partial charge in [-0.3, -0.25) is 19.4 Å². The lowest BCUT2D eigenvalue weighted by molar-refractivity contribution is 0.0950. The molecule has 4 aromatic rings. The van der Waals surface area contributed by atoms with E-state index in [1.54, 1.807) is 22.9 Å². The Labute approximate surface area is 192 Å². The van der Waals surface area contributed by atoms with Crippen molar-refractivity contribution in [1.82, 2.24) is 19.3 Å². The molecule has 0 radical (unpaired) electrons. The smallest absolute Gasteiger partial charge is 0.267 e. The molecule has 3 aromatic heterocycles. The predicted octanol–water partition coefficient (Wildman–Crippen LogP) is 3.88. The molecule has 1 amide bonds. The van der Waals surface area contributed by atoms with Crippen LogP contribution in [0.15, 0.2) is 65.6 Å². The molecule has 7 nitrogen and oxygen atoms in total. The first kappa shape index (κ1) is 22.5. The standard InChI is InChI=1S/C26H29N5O2/c1-2-3-4-5-10-15-28-25(32)20-17-21-24(29-22-14-9-11-16-30(22)26(21)33)31(23(20)27)18-19-12-7-6-8-13-19/h6-9,11-14,16-17,27H,2-5,10,15,18H2,1H3,(H,28,32). The Hall–Kier alpha value is -3.74. The number of nitrogens with zero attached hydrogens (tertiary/aromatic N) is 3. The summed E-state index contributed by atoms with van der Waals surface area (Å²) in [4.78, 5) is 30.9. The van der Waals surface area contributed by atoms with Crippen molar-refractivity contribution in [3.05, 3.63) is 87.8 Å². The third-order valence-electron chi connectivity index (χ3n) is 5.81. The van der Waals surface area contributed by atoms with E-state index in [-0.39, 0.29) is 22.5 Å². The van der Waals surface area contributed by atoms with Crippen LogP contribution >= 0.6 is 0 Å². The molecule has 7 heteroatoms. The molecule has 0 fully saturated rings. The summed E-state index contributed by atoms with van der Waals surface area (Å²) in [7, 11) is 0. The molecule has 4 rings (SSSR count). The van der Waals surface area contributed by atoms with Gasteiger partial charge >= 0.3 is 0 Å². The fourth-order valence-corrected chi connectivity index (χ4v) is 4.01. The zero-order valence-electron chi connectivity index (χ0n) is 18.9. The van der Waals surface area contributed by atoms with Crippen LogP contribution in [0.5, 0.6) is 0 Å². The normalized spacial score (nSPS) is 11.2. The van der Waals surface area contributed by atoms with Crippen molar-refractivity contribution >= 4 is 22.6 Å². The second-order valence-corrected chi connectivity index (χ2v) is 8.23. The summed E-state index contributed by atoms with van der Waals surface area (Å²) in [6, 6.07) is 16.5. The lowest BCUT2D eigenvalue weighted by Gasteiger charge is -2.15. The van der Waals surface area contributed by atoms with Gasteiger partial charge < -0.3 is 9.88 Å². The van der Waals surface area contributed by atoms with Gasteiger partial charge in [0.1, 0.15) is 16.8 Å². The summed E-state index contributed by atoms with van der Waals surface area (Å²) >= 11 is 0. The Morgan fingerprint density at radius 2 is 1.79 bits per heavy atom. The summed E-state index contributed by atoms with van der Waals surface area (Å²) in [6.45, 7) is 3.06. The monoisotopic (exact) mass is 443 g/mol. The number of hydrogen-bond acceptors (Lipinski definition) is 4. The van der Waals surface area contributed by atoms with Crippen molar-refractivity contribution in [3.63, 3.8) is 0 Å². The summed E-state index contributed by atoms with van der Waals surface area (Å²) in [6.07, 6.45) is 7.14. The van der Waals surface area contributed by atoms with Crippen LogP contribution in [0.3, 0.4) is 0 Å². The number of nitrogens with one attached hydrogen (secondary N) is 2. The van der Waals surface area contributed by atoms with Crippen molar-refractivity contribution in [1.29, 1.82) is 5.41 Å². The molecule has 0 unspecified atom stereocenters. The first-order valence-corrected chi connectivity index (χ1v) is 11.5. The maximum Gasteiger partial charge on any atom is 0.267 e. The van der Waals surface area contributed by atoms with Crippen molar-refractivity contribution in [3.8, 4) is 0 Å². The van der Waals surface area contributed by atoms with Gasteiger partial charge in [0, 0.05) is 12.7 Å². The number of benzene rings is 1. The highest BCUT2D eigenvalue weighted by Gasteiger charge is 2.17. The van der Waals surface area contributed by atoms with Crippen molar-refractivity contribution < 1.29 is 4.79 Å². The van der Waals surface area contributed by atoms with Crippen LogP contribution in [0.25, 0.3) is 16.7 Å². The number of fused-ring (bicyclic) bond motifs is 2. The molecule has 0 saturated carbocycles. The zero-order valence-corrected chi connectivity index (χ0v) is 18.9. The van der Waals surface area contributed by atoms with Gasteiger partial charge in [-0.1, -0.05) is 69.0 Å². The predicted molar refractivity (Wildman–Crippen MR) is 129 cm³/mol. The Morgan fingerprint density at radius 3 is 2.58 bits per heavy atom. The van der Waals surface area contributed by atoms with Gasteiger partial charge in [0.2, 0.25) is 0 Å². The number of carbonyl (C=O) groups is 1. The topological polar surface area (TPSA) is 92.2 Å². The summed E-state index contributed by atoms with van der Waals surface area (Å²) < 4.78 is 3.11.